The van der Waals surface area contributed by atoms with Gasteiger partial charge in [0.25, 0.3) is 10.0 Å². The van der Waals surface area contributed by atoms with Gasteiger partial charge >= 0.3 is 0 Å². The Morgan fingerprint density at radius 1 is 1.33 bits per heavy atom. The Morgan fingerprint density at radius 2 is 2.10 bits per heavy atom. The Hall–Kier alpha value is -2.26. The van der Waals surface area contributed by atoms with Crippen molar-refractivity contribution in [1.82, 2.24) is 10.2 Å². The molecule has 8 nitrogen and oxygen atoms in total. The lowest BCUT2D eigenvalue weighted by Crippen LogP contribution is -2.16. The van der Waals surface area contributed by atoms with Gasteiger partial charge in [-0.2, -0.15) is 13.5 Å². The topological polar surface area (TPSA) is 119 Å². The molecule has 0 spiro atoms. The molecule has 0 saturated carbocycles. The molecule has 1 aromatic carbocycles. The summed E-state index contributed by atoms with van der Waals surface area (Å²) in [6.07, 6.45) is 1.37. The van der Waals surface area contributed by atoms with E-state index in [9.17, 15) is 8.42 Å². The first kappa shape index (κ1) is 15.1. The predicted molar refractivity (Wildman–Crippen MR) is 76.8 cm³/mol. The molecule has 0 fully saturated rings. The fourth-order valence-corrected chi connectivity index (χ4v) is 2.97. The maximum Gasteiger partial charge on any atom is 0.279 e. The van der Waals surface area contributed by atoms with Gasteiger partial charge in [-0.15, -0.1) is 0 Å². The second kappa shape index (κ2) is 6.02. The van der Waals surface area contributed by atoms with Gasteiger partial charge in [0.2, 0.25) is 0 Å². The van der Waals surface area contributed by atoms with E-state index in [1.165, 1.54) is 20.4 Å². The minimum absolute atomic E-state index is 0.0620. The number of H-pyrrole nitrogens is 1. The van der Waals surface area contributed by atoms with Crippen LogP contribution in [0, 0.1) is 0 Å². The van der Waals surface area contributed by atoms with Crippen molar-refractivity contribution in [2.24, 2.45) is 5.73 Å². The van der Waals surface area contributed by atoms with Gasteiger partial charge in [-0.05, 0) is 12.1 Å². The first-order valence-electron chi connectivity index (χ1n) is 5.99. The number of hydrogen-bond acceptors (Lipinski definition) is 6. The van der Waals surface area contributed by atoms with Gasteiger partial charge in [-0.3, -0.25) is 9.82 Å². The third-order valence-electron chi connectivity index (χ3n) is 2.82. The number of aromatic nitrogens is 2. The van der Waals surface area contributed by atoms with Crippen molar-refractivity contribution < 1.29 is 17.9 Å². The summed E-state index contributed by atoms with van der Waals surface area (Å²) < 4.78 is 37.3. The van der Waals surface area contributed by atoms with Crippen LogP contribution in [-0.2, 0) is 16.6 Å². The molecule has 4 N–H and O–H groups in total. The van der Waals surface area contributed by atoms with Crippen molar-refractivity contribution in [3.63, 3.8) is 0 Å². The highest BCUT2D eigenvalue weighted by Crippen LogP contribution is 2.30. The minimum Gasteiger partial charge on any atom is -0.497 e. The third-order valence-corrected chi connectivity index (χ3v) is 4.20. The molecule has 2 rings (SSSR count). The van der Waals surface area contributed by atoms with Gasteiger partial charge in [0.1, 0.15) is 11.5 Å². The van der Waals surface area contributed by atoms with Crippen molar-refractivity contribution in [3.8, 4) is 11.5 Å². The van der Waals surface area contributed by atoms with Crippen LogP contribution < -0.4 is 19.9 Å². The molecule has 0 saturated heterocycles. The number of nitrogens with zero attached hydrogens (tertiary/aromatic N) is 1. The summed E-state index contributed by atoms with van der Waals surface area (Å²) in [6.45, 7) is 0.0620. The zero-order valence-corrected chi connectivity index (χ0v) is 12.4. The molecule has 0 amide bonds. The third kappa shape index (κ3) is 3.09. The Balaban J connectivity index is 2.37. The maximum absolute atomic E-state index is 12.3. The minimum atomic E-state index is -3.83. The normalized spacial score (nSPS) is 11.2. The lowest BCUT2D eigenvalue weighted by atomic mass is 10.3. The molecular weight excluding hydrogens is 296 g/mol. The molecule has 1 heterocycles. The lowest BCUT2D eigenvalue weighted by molar-refractivity contribution is 0.395. The highest BCUT2D eigenvalue weighted by molar-refractivity contribution is 7.92. The summed E-state index contributed by atoms with van der Waals surface area (Å²) in [5, 5.41) is 6.06. The second-order valence-electron chi connectivity index (χ2n) is 4.10. The number of nitrogens with two attached hydrogens (primary N) is 1. The zero-order valence-electron chi connectivity index (χ0n) is 11.6. The van der Waals surface area contributed by atoms with E-state index in [4.69, 9.17) is 15.2 Å². The molecule has 0 unspecified atom stereocenters. The number of rotatable bonds is 6. The quantitative estimate of drug-likeness (QED) is 0.722. The Bertz CT molecular complexity index is 727. The standard InChI is InChI=1S/C12H16N4O4S/c1-19-9-3-4-10(11(5-9)20-2)16-21(17,18)12-8(6-13)7-14-15-12/h3-5,7,16H,6,13H2,1-2H3,(H,14,15). The summed E-state index contributed by atoms with van der Waals surface area (Å²) in [6, 6.07) is 4.75. The molecule has 0 aliphatic carbocycles. The van der Waals surface area contributed by atoms with Crippen molar-refractivity contribution in [1.29, 1.82) is 0 Å². The van der Waals surface area contributed by atoms with Gasteiger partial charge in [-0.1, -0.05) is 0 Å². The summed E-state index contributed by atoms with van der Waals surface area (Å²) >= 11 is 0. The fourth-order valence-electron chi connectivity index (χ4n) is 1.76. The van der Waals surface area contributed by atoms with Crippen LogP contribution in [0.5, 0.6) is 11.5 Å². The van der Waals surface area contributed by atoms with E-state index in [1.807, 2.05) is 0 Å². The number of benzene rings is 1. The molecule has 0 aliphatic rings. The van der Waals surface area contributed by atoms with Gasteiger partial charge in [0, 0.05) is 18.2 Å². The Labute approximate surface area is 122 Å². The smallest absolute Gasteiger partial charge is 0.279 e. The fraction of sp³-hybridized carbons (Fsp3) is 0.250. The summed E-state index contributed by atoms with van der Waals surface area (Å²) in [7, 11) is -0.885. The number of sulfonamides is 1. The average molecular weight is 312 g/mol. The van der Waals surface area contributed by atoms with Crippen LogP contribution in [0.3, 0.4) is 0 Å². The maximum atomic E-state index is 12.3. The lowest BCUT2D eigenvalue weighted by Gasteiger charge is -2.12. The molecule has 0 aliphatic heterocycles. The van der Waals surface area contributed by atoms with Gasteiger partial charge in [0.15, 0.2) is 5.03 Å². The van der Waals surface area contributed by atoms with Crippen molar-refractivity contribution in [3.05, 3.63) is 30.0 Å². The SMILES string of the molecule is COc1ccc(NS(=O)(=O)c2[nH]ncc2CN)c(OC)c1. The highest BCUT2D eigenvalue weighted by atomic mass is 32.2. The number of ether oxygens (including phenoxy) is 2. The number of anilines is 1. The molecule has 0 radical (unpaired) electrons. The predicted octanol–water partition coefficient (Wildman–Crippen LogP) is 0.686. The first-order valence-corrected chi connectivity index (χ1v) is 7.47. The average Bonchev–Trinajstić information content (AvgIpc) is 2.96. The monoisotopic (exact) mass is 312 g/mol. The van der Waals surface area contributed by atoms with E-state index in [2.05, 4.69) is 14.9 Å². The summed E-state index contributed by atoms with van der Waals surface area (Å²) in [4.78, 5) is 0. The second-order valence-corrected chi connectivity index (χ2v) is 5.72. The van der Waals surface area contributed by atoms with Crippen LogP contribution >= 0.6 is 0 Å². The number of nitrogens with one attached hydrogen (secondary N) is 2. The Morgan fingerprint density at radius 3 is 2.71 bits per heavy atom. The summed E-state index contributed by atoms with van der Waals surface area (Å²) in [5.41, 5.74) is 6.17. The molecule has 1 aromatic heterocycles. The largest absolute Gasteiger partial charge is 0.497 e. The van der Waals surface area contributed by atoms with Gasteiger partial charge < -0.3 is 15.2 Å². The zero-order chi connectivity index (χ0) is 15.5. The van der Waals surface area contributed by atoms with Gasteiger partial charge in [-0.25, -0.2) is 0 Å². The van der Waals surface area contributed by atoms with Crippen molar-refractivity contribution in [2.75, 3.05) is 18.9 Å². The number of aromatic amines is 1. The summed E-state index contributed by atoms with van der Waals surface area (Å²) in [5.74, 6) is 0.894. The van der Waals surface area contributed by atoms with E-state index in [0.717, 1.165) is 0 Å². The van der Waals surface area contributed by atoms with Crippen LogP contribution in [0.1, 0.15) is 5.56 Å². The van der Waals surface area contributed by atoms with Crippen LogP contribution in [0.4, 0.5) is 5.69 Å². The molecule has 0 bridgehead atoms. The van der Waals surface area contributed by atoms with Crippen molar-refractivity contribution >= 4 is 15.7 Å². The molecule has 9 heteroatoms. The van der Waals surface area contributed by atoms with E-state index >= 15 is 0 Å². The van der Waals surface area contributed by atoms with E-state index < -0.39 is 10.0 Å². The molecule has 2 aromatic rings. The highest BCUT2D eigenvalue weighted by Gasteiger charge is 2.22. The van der Waals surface area contributed by atoms with Crippen LogP contribution in [0.2, 0.25) is 0 Å². The van der Waals surface area contributed by atoms with Crippen LogP contribution in [0.25, 0.3) is 0 Å². The van der Waals surface area contributed by atoms with E-state index in [0.29, 0.717) is 17.1 Å². The molecule has 21 heavy (non-hydrogen) atoms. The van der Waals surface area contributed by atoms with E-state index in [1.54, 1.807) is 18.2 Å². The number of methoxy groups -OCH3 is 2. The Kier molecular flexibility index (Phi) is 4.34. The van der Waals surface area contributed by atoms with E-state index in [-0.39, 0.29) is 17.3 Å². The molecule has 114 valence electrons. The van der Waals surface area contributed by atoms with Crippen LogP contribution in [-0.4, -0.2) is 32.8 Å². The van der Waals surface area contributed by atoms with Crippen molar-refractivity contribution in [2.45, 2.75) is 11.6 Å². The first-order chi connectivity index (χ1) is 10.0. The van der Waals surface area contributed by atoms with Crippen LogP contribution in [0.15, 0.2) is 29.4 Å². The molecular formula is C12H16N4O4S. The number of hydrogen-bond donors (Lipinski definition) is 3. The molecule has 0 atom stereocenters. The van der Waals surface area contributed by atoms with Gasteiger partial charge in [0.05, 0.1) is 26.1 Å².